The summed E-state index contributed by atoms with van der Waals surface area (Å²) in [6, 6.07) is 5.38. The molecule has 0 spiro atoms. The van der Waals surface area contributed by atoms with Crippen LogP contribution in [0.5, 0.6) is 5.75 Å². The van der Waals surface area contributed by atoms with Crippen LogP contribution in [0.3, 0.4) is 0 Å². The Bertz CT molecular complexity index is 673. The second-order valence-corrected chi connectivity index (χ2v) is 7.15. The lowest BCUT2D eigenvalue weighted by Crippen LogP contribution is -2.45. The van der Waals surface area contributed by atoms with Crippen LogP contribution in [-0.2, 0) is 9.53 Å². The molecule has 1 fully saturated rings. The summed E-state index contributed by atoms with van der Waals surface area (Å²) < 4.78 is 10.8. The minimum Gasteiger partial charge on any atom is -0.489 e. The van der Waals surface area contributed by atoms with Gasteiger partial charge in [-0.25, -0.2) is 0 Å². The summed E-state index contributed by atoms with van der Waals surface area (Å²) in [4.78, 5) is 28.9. The van der Waals surface area contributed by atoms with Crippen LogP contribution in [0.15, 0.2) is 18.2 Å². The molecule has 0 unspecified atom stereocenters. The van der Waals surface area contributed by atoms with Gasteiger partial charge in [-0.15, -0.1) is 0 Å². The lowest BCUT2D eigenvalue weighted by molar-refractivity contribution is -0.132. The third kappa shape index (κ3) is 4.71. The topological polar surface area (TPSA) is 71.1 Å². The minimum absolute atomic E-state index is 0.0290. The molecule has 2 aliphatic rings. The van der Waals surface area contributed by atoms with E-state index in [4.69, 9.17) is 9.47 Å². The van der Waals surface area contributed by atoms with Gasteiger partial charge in [-0.2, -0.15) is 0 Å². The zero-order chi connectivity index (χ0) is 19.2. The number of ether oxygens (including phenoxy) is 2. The third-order valence-electron chi connectivity index (χ3n) is 5.29. The Hall–Kier alpha value is -2.28. The van der Waals surface area contributed by atoms with Gasteiger partial charge >= 0.3 is 0 Å². The number of anilines is 1. The van der Waals surface area contributed by atoms with Gasteiger partial charge in [0.25, 0.3) is 5.91 Å². The van der Waals surface area contributed by atoms with E-state index in [9.17, 15) is 9.59 Å². The van der Waals surface area contributed by atoms with Crippen molar-refractivity contribution in [3.05, 3.63) is 23.8 Å². The number of hydrogen-bond acceptors (Lipinski definition) is 5. The van der Waals surface area contributed by atoms with Crippen LogP contribution in [0.4, 0.5) is 5.69 Å². The highest BCUT2D eigenvalue weighted by atomic mass is 16.5. The van der Waals surface area contributed by atoms with E-state index in [0.717, 1.165) is 37.4 Å². The van der Waals surface area contributed by atoms with Gasteiger partial charge in [0, 0.05) is 39.4 Å². The standard InChI is InChI=1S/C20H29N3O4/c1-22-16(13-19(24)23-9-4-3-5-10-23)14-27-18-7-6-15(12-17(18)22)20(25)21-8-11-26-2/h6-7,12,16H,3-5,8-11,13-14H2,1-2H3,(H,21,25)/t16-/m0/s1. The van der Waals surface area contributed by atoms with Crippen molar-refractivity contribution in [1.82, 2.24) is 10.2 Å². The average Bonchev–Trinajstić information content (AvgIpc) is 2.70. The lowest BCUT2D eigenvalue weighted by Gasteiger charge is -2.37. The number of benzene rings is 1. The Kier molecular flexibility index (Phi) is 6.55. The Morgan fingerprint density at radius 3 is 2.78 bits per heavy atom. The monoisotopic (exact) mass is 375 g/mol. The maximum atomic E-state index is 12.6. The SMILES string of the molecule is COCCNC(=O)c1ccc2c(c1)N(C)[C@@H](CC(=O)N1CCCCC1)CO2. The van der Waals surface area contributed by atoms with E-state index in [-0.39, 0.29) is 17.9 Å². The van der Waals surface area contributed by atoms with Gasteiger partial charge in [0.15, 0.2) is 0 Å². The van der Waals surface area contributed by atoms with Crippen LogP contribution in [0.1, 0.15) is 36.0 Å². The summed E-state index contributed by atoms with van der Waals surface area (Å²) >= 11 is 0. The molecule has 0 bridgehead atoms. The number of carbonyl (C=O) groups is 2. The van der Waals surface area contributed by atoms with Crippen molar-refractivity contribution in [3.63, 3.8) is 0 Å². The van der Waals surface area contributed by atoms with Crippen molar-refractivity contribution in [1.29, 1.82) is 0 Å². The summed E-state index contributed by atoms with van der Waals surface area (Å²) in [5, 5.41) is 2.82. The van der Waals surface area contributed by atoms with Crippen LogP contribution in [0.25, 0.3) is 0 Å². The number of methoxy groups -OCH3 is 1. The van der Waals surface area contributed by atoms with Crippen molar-refractivity contribution in [2.75, 3.05) is 51.9 Å². The Labute approximate surface area is 160 Å². The number of nitrogens with one attached hydrogen (secondary N) is 1. The smallest absolute Gasteiger partial charge is 0.251 e. The highest BCUT2D eigenvalue weighted by molar-refractivity contribution is 5.95. The van der Waals surface area contributed by atoms with Crippen LogP contribution < -0.4 is 15.0 Å². The summed E-state index contributed by atoms with van der Waals surface area (Å²) in [6.45, 7) is 3.13. The normalized spacial score (nSPS) is 19.3. The number of amides is 2. The molecule has 0 radical (unpaired) electrons. The van der Waals surface area contributed by atoms with E-state index in [1.807, 2.05) is 24.1 Å². The number of likely N-dealkylation sites (tertiary alicyclic amines) is 1. The first-order valence-corrected chi connectivity index (χ1v) is 9.64. The fourth-order valence-corrected chi connectivity index (χ4v) is 3.59. The number of rotatable bonds is 6. The van der Waals surface area contributed by atoms with Gasteiger partial charge in [-0.05, 0) is 37.5 Å². The van der Waals surface area contributed by atoms with Crippen molar-refractivity contribution in [3.8, 4) is 5.75 Å². The van der Waals surface area contributed by atoms with E-state index in [2.05, 4.69) is 10.2 Å². The maximum absolute atomic E-state index is 12.6. The van der Waals surface area contributed by atoms with Crippen molar-refractivity contribution >= 4 is 17.5 Å². The zero-order valence-electron chi connectivity index (χ0n) is 16.2. The van der Waals surface area contributed by atoms with Crippen LogP contribution in [0.2, 0.25) is 0 Å². The molecule has 0 aliphatic carbocycles. The molecule has 1 aromatic rings. The van der Waals surface area contributed by atoms with E-state index in [1.54, 1.807) is 13.2 Å². The number of carbonyl (C=O) groups excluding carboxylic acids is 2. The molecule has 7 nitrogen and oxygen atoms in total. The largest absolute Gasteiger partial charge is 0.489 e. The molecule has 3 rings (SSSR count). The summed E-state index contributed by atoms with van der Waals surface area (Å²) in [5.74, 6) is 0.787. The number of nitrogens with zero attached hydrogens (tertiary/aromatic N) is 2. The van der Waals surface area contributed by atoms with Crippen LogP contribution in [0, 0.1) is 0 Å². The molecule has 1 atom stereocenters. The van der Waals surface area contributed by atoms with Gasteiger partial charge in [-0.3, -0.25) is 9.59 Å². The second kappa shape index (κ2) is 9.08. The molecule has 148 valence electrons. The first kappa shape index (κ1) is 19.5. The van der Waals surface area contributed by atoms with Crippen molar-refractivity contribution < 1.29 is 19.1 Å². The quantitative estimate of drug-likeness (QED) is 0.766. The third-order valence-corrected chi connectivity index (χ3v) is 5.29. The molecule has 0 saturated carbocycles. The predicted molar refractivity (Wildman–Crippen MR) is 103 cm³/mol. The van der Waals surface area contributed by atoms with Gasteiger partial charge in [0.2, 0.25) is 5.91 Å². The summed E-state index contributed by atoms with van der Waals surface area (Å²) in [6.07, 6.45) is 3.82. The zero-order valence-corrected chi connectivity index (χ0v) is 16.2. The highest BCUT2D eigenvalue weighted by Crippen LogP contribution is 2.34. The van der Waals surface area contributed by atoms with Gasteiger partial charge in [0.1, 0.15) is 12.4 Å². The first-order chi connectivity index (χ1) is 13.1. The maximum Gasteiger partial charge on any atom is 0.251 e. The number of hydrogen-bond donors (Lipinski definition) is 1. The minimum atomic E-state index is -0.144. The second-order valence-electron chi connectivity index (χ2n) is 7.15. The van der Waals surface area contributed by atoms with Crippen LogP contribution in [-0.4, -0.2) is 69.8 Å². The summed E-state index contributed by atoms with van der Waals surface area (Å²) in [7, 11) is 3.56. The Balaban J connectivity index is 1.66. The van der Waals surface area contributed by atoms with Crippen LogP contribution >= 0.6 is 0 Å². The molecular weight excluding hydrogens is 346 g/mol. The fraction of sp³-hybridized carbons (Fsp3) is 0.600. The van der Waals surface area contributed by atoms with Gasteiger partial charge < -0.3 is 24.6 Å². The molecule has 1 N–H and O–H groups in total. The molecule has 1 saturated heterocycles. The molecule has 2 aliphatic heterocycles. The highest BCUT2D eigenvalue weighted by Gasteiger charge is 2.29. The van der Waals surface area contributed by atoms with E-state index in [1.165, 1.54) is 6.42 Å². The molecule has 27 heavy (non-hydrogen) atoms. The van der Waals surface area contributed by atoms with Gasteiger partial charge in [-0.1, -0.05) is 0 Å². The molecular formula is C20H29N3O4. The molecule has 2 amide bonds. The van der Waals surface area contributed by atoms with E-state index < -0.39 is 0 Å². The molecule has 1 aromatic carbocycles. The van der Waals surface area contributed by atoms with Crippen molar-refractivity contribution in [2.45, 2.75) is 31.7 Å². The number of likely N-dealkylation sites (N-methyl/N-ethyl adjacent to an activating group) is 1. The number of piperidine rings is 1. The Morgan fingerprint density at radius 2 is 2.04 bits per heavy atom. The lowest BCUT2D eigenvalue weighted by atomic mass is 10.1. The van der Waals surface area contributed by atoms with E-state index in [0.29, 0.717) is 31.7 Å². The fourth-order valence-electron chi connectivity index (χ4n) is 3.59. The first-order valence-electron chi connectivity index (χ1n) is 9.64. The number of fused-ring (bicyclic) bond motifs is 1. The average molecular weight is 375 g/mol. The van der Waals surface area contributed by atoms with Gasteiger partial charge in [0.05, 0.1) is 24.8 Å². The van der Waals surface area contributed by atoms with Crippen molar-refractivity contribution in [2.24, 2.45) is 0 Å². The predicted octanol–water partition coefficient (Wildman–Crippen LogP) is 1.66. The van der Waals surface area contributed by atoms with E-state index >= 15 is 0 Å². The Morgan fingerprint density at radius 1 is 1.26 bits per heavy atom. The molecule has 7 heteroatoms. The molecule has 0 aromatic heterocycles. The molecule has 2 heterocycles. The summed E-state index contributed by atoms with van der Waals surface area (Å²) in [5.41, 5.74) is 1.42.